The maximum absolute atomic E-state index is 11.8. The minimum Gasteiger partial charge on any atom is -0.493 e. The van der Waals surface area contributed by atoms with E-state index in [9.17, 15) is 19.8 Å². The van der Waals surface area contributed by atoms with Crippen LogP contribution in [0.15, 0.2) is 40.7 Å². The van der Waals surface area contributed by atoms with E-state index >= 15 is 0 Å². The Morgan fingerprint density at radius 3 is 1.96 bits per heavy atom. The fourth-order valence-electron chi connectivity index (χ4n) is 3.01. The number of carbonyl (C=O) groups is 2. The van der Waals surface area contributed by atoms with Crippen molar-refractivity contribution < 1.29 is 29.3 Å². The molecule has 0 fully saturated rings. The Labute approximate surface area is 139 Å². The van der Waals surface area contributed by atoms with Crippen molar-refractivity contribution in [1.29, 1.82) is 0 Å². The summed E-state index contributed by atoms with van der Waals surface area (Å²) in [5, 5.41) is 22.1. The van der Waals surface area contributed by atoms with Gasteiger partial charge in [0.15, 0.2) is 11.5 Å². The molecular weight excluding hydrogens is 314 g/mol. The van der Waals surface area contributed by atoms with E-state index in [-0.39, 0.29) is 11.1 Å². The zero-order valence-corrected chi connectivity index (χ0v) is 13.8. The van der Waals surface area contributed by atoms with E-state index in [4.69, 9.17) is 9.47 Å². The Hall–Kier alpha value is -2.96. The molecule has 1 aliphatic rings. The lowest BCUT2D eigenvalue weighted by Crippen LogP contribution is -2.31. The van der Waals surface area contributed by atoms with Gasteiger partial charge in [0.2, 0.25) is 0 Å². The number of rotatable bonds is 5. The van der Waals surface area contributed by atoms with Crippen LogP contribution in [0, 0.1) is 0 Å². The standard InChI is InChI=1S/C17H19NO6/c1-8-12(16(19)20)14(13(17(21)22)9(2)18-8)10-6-5-7-11(23-3)15(10)24-4/h5-7,14,18H,1-4H3,(H,19,20)(H,21,22). The third-order valence-electron chi connectivity index (χ3n) is 3.97. The number of carboxylic acid groups (broad SMARTS) is 2. The van der Waals surface area contributed by atoms with E-state index < -0.39 is 17.9 Å². The van der Waals surface area contributed by atoms with Crippen LogP contribution < -0.4 is 14.8 Å². The van der Waals surface area contributed by atoms with Crippen LogP contribution in [0.5, 0.6) is 11.5 Å². The predicted molar refractivity (Wildman–Crippen MR) is 86.1 cm³/mol. The number of hydrogen-bond acceptors (Lipinski definition) is 5. The van der Waals surface area contributed by atoms with Crippen molar-refractivity contribution in [2.24, 2.45) is 0 Å². The van der Waals surface area contributed by atoms with Crippen LogP contribution >= 0.6 is 0 Å². The molecule has 0 spiro atoms. The summed E-state index contributed by atoms with van der Waals surface area (Å²) in [5.74, 6) is -2.66. The van der Waals surface area contributed by atoms with E-state index in [1.54, 1.807) is 32.0 Å². The van der Waals surface area contributed by atoms with E-state index in [0.717, 1.165) is 0 Å². The SMILES string of the molecule is COc1cccc(C2C(C(=O)O)=C(C)NC(C)=C2C(=O)O)c1OC. The maximum Gasteiger partial charge on any atom is 0.334 e. The molecule has 0 aliphatic carbocycles. The van der Waals surface area contributed by atoms with Gasteiger partial charge in [-0.3, -0.25) is 0 Å². The lowest BCUT2D eigenvalue weighted by atomic mass is 9.80. The van der Waals surface area contributed by atoms with Crippen LogP contribution in [0.4, 0.5) is 0 Å². The highest BCUT2D eigenvalue weighted by molar-refractivity contribution is 5.98. The number of benzene rings is 1. The van der Waals surface area contributed by atoms with Crippen molar-refractivity contribution in [3.05, 3.63) is 46.3 Å². The van der Waals surface area contributed by atoms with Crippen LogP contribution in [0.25, 0.3) is 0 Å². The van der Waals surface area contributed by atoms with E-state index in [0.29, 0.717) is 28.5 Å². The van der Waals surface area contributed by atoms with Crippen LogP contribution in [0.2, 0.25) is 0 Å². The van der Waals surface area contributed by atoms with Crippen molar-refractivity contribution in [2.75, 3.05) is 14.2 Å². The first-order chi connectivity index (χ1) is 11.3. The average Bonchev–Trinajstić information content (AvgIpc) is 2.52. The summed E-state index contributed by atoms with van der Waals surface area (Å²) in [5.41, 5.74) is 1.13. The first kappa shape index (κ1) is 17.4. The number of allylic oxidation sites excluding steroid dienone is 2. The summed E-state index contributed by atoms with van der Waals surface area (Å²) < 4.78 is 10.6. The van der Waals surface area contributed by atoms with Gasteiger partial charge in [0.1, 0.15) is 0 Å². The molecule has 0 unspecified atom stereocenters. The lowest BCUT2D eigenvalue weighted by molar-refractivity contribution is -0.133. The Balaban J connectivity index is 2.81. The van der Waals surface area contributed by atoms with Gasteiger partial charge < -0.3 is 25.0 Å². The highest BCUT2D eigenvalue weighted by Gasteiger charge is 2.38. The molecule has 2 rings (SSSR count). The monoisotopic (exact) mass is 333 g/mol. The molecule has 24 heavy (non-hydrogen) atoms. The fourth-order valence-corrected chi connectivity index (χ4v) is 3.01. The number of carboxylic acids is 2. The Morgan fingerprint density at radius 1 is 1.00 bits per heavy atom. The molecular formula is C17H19NO6. The molecule has 1 aromatic rings. The molecule has 7 heteroatoms. The normalized spacial score (nSPS) is 15.2. The topological polar surface area (TPSA) is 105 Å². The number of ether oxygens (including phenoxy) is 2. The van der Waals surface area contributed by atoms with Crippen molar-refractivity contribution >= 4 is 11.9 Å². The number of nitrogens with one attached hydrogen (secondary N) is 1. The zero-order chi connectivity index (χ0) is 18.0. The summed E-state index contributed by atoms with van der Waals surface area (Å²) in [6, 6.07) is 4.98. The summed E-state index contributed by atoms with van der Waals surface area (Å²) in [4.78, 5) is 23.6. The largest absolute Gasteiger partial charge is 0.493 e. The molecule has 0 bridgehead atoms. The quantitative estimate of drug-likeness (QED) is 0.758. The molecule has 0 saturated heterocycles. The number of aliphatic carboxylic acids is 2. The minimum atomic E-state index is -1.19. The lowest BCUT2D eigenvalue weighted by Gasteiger charge is -2.29. The molecule has 0 aromatic heterocycles. The number of para-hydroxylation sites is 1. The van der Waals surface area contributed by atoms with Gasteiger partial charge in [-0.15, -0.1) is 0 Å². The Morgan fingerprint density at radius 2 is 1.54 bits per heavy atom. The zero-order valence-electron chi connectivity index (χ0n) is 13.8. The molecule has 1 aromatic carbocycles. The molecule has 0 radical (unpaired) electrons. The van der Waals surface area contributed by atoms with Gasteiger partial charge in [-0.1, -0.05) is 12.1 Å². The summed E-state index contributed by atoms with van der Waals surface area (Å²) in [6.45, 7) is 3.20. The first-order valence-corrected chi connectivity index (χ1v) is 7.19. The summed E-state index contributed by atoms with van der Waals surface area (Å²) >= 11 is 0. The molecule has 0 amide bonds. The second-order valence-corrected chi connectivity index (χ2v) is 5.33. The second-order valence-electron chi connectivity index (χ2n) is 5.33. The third kappa shape index (κ3) is 2.80. The van der Waals surface area contributed by atoms with Crippen molar-refractivity contribution in [1.82, 2.24) is 5.32 Å². The van der Waals surface area contributed by atoms with Crippen LogP contribution in [-0.2, 0) is 9.59 Å². The number of methoxy groups -OCH3 is 2. The minimum absolute atomic E-state index is 0.0375. The summed E-state index contributed by atoms with van der Waals surface area (Å²) in [6.07, 6.45) is 0. The molecule has 3 N–H and O–H groups in total. The van der Waals surface area contributed by atoms with Crippen molar-refractivity contribution in [3.63, 3.8) is 0 Å². The highest BCUT2D eigenvalue weighted by Crippen LogP contribution is 2.44. The van der Waals surface area contributed by atoms with Gasteiger partial charge in [0.05, 0.1) is 31.3 Å². The van der Waals surface area contributed by atoms with Crippen LogP contribution in [-0.4, -0.2) is 36.4 Å². The predicted octanol–water partition coefficient (Wildman–Crippen LogP) is 2.11. The van der Waals surface area contributed by atoms with E-state index in [1.165, 1.54) is 14.2 Å². The Kier molecular flexibility index (Phi) is 4.82. The molecule has 128 valence electrons. The molecule has 7 nitrogen and oxygen atoms in total. The van der Waals surface area contributed by atoms with Gasteiger partial charge in [0.25, 0.3) is 0 Å². The number of hydrogen-bond donors (Lipinski definition) is 3. The van der Waals surface area contributed by atoms with Gasteiger partial charge in [0, 0.05) is 17.0 Å². The van der Waals surface area contributed by atoms with Crippen LogP contribution in [0.1, 0.15) is 25.3 Å². The highest BCUT2D eigenvalue weighted by atomic mass is 16.5. The molecule has 1 aliphatic heterocycles. The Bertz CT molecular complexity index is 726. The fraction of sp³-hybridized carbons (Fsp3) is 0.294. The second kappa shape index (κ2) is 6.66. The van der Waals surface area contributed by atoms with Crippen LogP contribution in [0.3, 0.4) is 0 Å². The third-order valence-corrected chi connectivity index (χ3v) is 3.97. The van der Waals surface area contributed by atoms with E-state index in [2.05, 4.69) is 5.32 Å². The first-order valence-electron chi connectivity index (χ1n) is 7.19. The molecule has 0 saturated carbocycles. The molecule has 1 heterocycles. The van der Waals surface area contributed by atoms with Crippen molar-refractivity contribution in [2.45, 2.75) is 19.8 Å². The average molecular weight is 333 g/mol. The maximum atomic E-state index is 11.8. The molecule has 0 atom stereocenters. The van der Waals surface area contributed by atoms with Crippen molar-refractivity contribution in [3.8, 4) is 11.5 Å². The van der Waals surface area contributed by atoms with E-state index in [1.807, 2.05) is 0 Å². The van der Waals surface area contributed by atoms with Gasteiger partial charge >= 0.3 is 11.9 Å². The summed E-state index contributed by atoms with van der Waals surface area (Å²) in [7, 11) is 2.89. The van der Waals surface area contributed by atoms with Gasteiger partial charge in [-0.25, -0.2) is 9.59 Å². The van der Waals surface area contributed by atoms with Gasteiger partial charge in [-0.05, 0) is 19.9 Å². The number of dihydropyridines is 1. The van der Waals surface area contributed by atoms with Gasteiger partial charge in [-0.2, -0.15) is 0 Å². The smallest absolute Gasteiger partial charge is 0.334 e.